The molecule has 0 radical (unpaired) electrons. The first-order valence-electron chi connectivity index (χ1n) is 5.04. The lowest BCUT2D eigenvalue weighted by molar-refractivity contribution is -0.210. The Kier molecular flexibility index (Phi) is 4.80. The van der Waals surface area contributed by atoms with E-state index in [1.54, 1.807) is 6.07 Å². The summed E-state index contributed by atoms with van der Waals surface area (Å²) in [5, 5.41) is 17.7. The van der Waals surface area contributed by atoms with Crippen molar-refractivity contribution in [3.05, 3.63) is 23.8 Å². The zero-order chi connectivity index (χ0) is 13.8. The Morgan fingerprint density at radius 3 is 2.44 bits per heavy atom. The average Bonchev–Trinajstić information content (AvgIpc) is 2.34. The van der Waals surface area contributed by atoms with Crippen LogP contribution in [0.1, 0.15) is 5.56 Å². The summed E-state index contributed by atoms with van der Waals surface area (Å²) in [7, 11) is 1.33. The maximum absolute atomic E-state index is 12.1. The molecule has 1 aromatic carbocycles. The van der Waals surface area contributed by atoms with Crippen molar-refractivity contribution in [2.75, 3.05) is 13.7 Å². The number of halogens is 3. The number of hydrogen-bond donors (Lipinski definition) is 2. The van der Waals surface area contributed by atoms with Gasteiger partial charge in [0.1, 0.15) is 6.61 Å². The largest absolute Gasteiger partial charge is 0.493 e. The van der Waals surface area contributed by atoms with Gasteiger partial charge in [-0.1, -0.05) is 6.07 Å². The van der Waals surface area contributed by atoms with Crippen LogP contribution >= 0.6 is 0 Å². The van der Waals surface area contributed by atoms with E-state index >= 15 is 0 Å². The van der Waals surface area contributed by atoms with Gasteiger partial charge in [-0.05, 0) is 17.7 Å². The molecule has 0 heterocycles. The molecule has 18 heavy (non-hydrogen) atoms. The van der Waals surface area contributed by atoms with Crippen LogP contribution in [0, 0.1) is 0 Å². The fourth-order valence-electron chi connectivity index (χ4n) is 1.20. The first kappa shape index (κ1) is 14.6. The summed E-state index contributed by atoms with van der Waals surface area (Å²) in [6.45, 7) is -1.21. The van der Waals surface area contributed by atoms with Crippen molar-refractivity contribution in [3.8, 4) is 11.5 Å². The van der Waals surface area contributed by atoms with Crippen LogP contribution in [0.15, 0.2) is 18.2 Å². The second kappa shape index (κ2) is 5.92. The van der Waals surface area contributed by atoms with Gasteiger partial charge in [-0.2, -0.15) is 13.2 Å². The smallest absolute Gasteiger partial charge is 0.417 e. The van der Waals surface area contributed by atoms with Gasteiger partial charge in [0.05, 0.1) is 13.7 Å². The van der Waals surface area contributed by atoms with Crippen LogP contribution in [0.3, 0.4) is 0 Å². The van der Waals surface area contributed by atoms with Crippen molar-refractivity contribution < 1.29 is 32.9 Å². The summed E-state index contributed by atoms with van der Waals surface area (Å²) >= 11 is 0. The predicted octanol–water partition coefficient (Wildman–Crippen LogP) is 1.49. The fraction of sp³-hybridized carbons (Fsp3) is 0.455. The SMILES string of the molecule is COc1ccc(CO)cc1OCC(O)C(F)(F)F. The number of benzene rings is 1. The lowest BCUT2D eigenvalue weighted by atomic mass is 10.2. The van der Waals surface area contributed by atoms with Crippen LogP contribution in [-0.2, 0) is 6.61 Å². The summed E-state index contributed by atoms with van der Waals surface area (Å²) in [6.07, 6.45) is -7.30. The Bertz CT molecular complexity index is 392. The van der Waals surface area contributed by atoms with Gasteiger partial charge in [0.15, 0.2) is 17.6 Å². The summed E-state index contributed by atoms with van der Waals surface area (Å²) in [4.78, 5) is 0. The van der Waals surface area contributed by atoms with Crippen molar-refractivity contribution in [3.63, 3.8) is 0 Å². The maximum Gasteiger partial charge on any atom is 0.417 e. The molecule has 0 spiro atoms. The molecule has 0 aromatic heterocycles. The minimum Gasteiger partial charge on any atom is -0.493 e. The van der Waals surface area contributed by atoms with Crippen molar-refractivity contribution >= 4 is 0 Å². The molecule has 0 aliphatic rings. The van der Waals surface area contributed by atoms with Crippen LogP contribution in [0.4, 0.5) is 13.2 Å². The molecule has 0 aliphatic carbocycles. The molecule has 0 amide bonds. The van der Waals surface area contributed by atoms with E-state index in [-0.39, 0.29) is 18.1 Å². The van der Waals surface area contributed by atoms with Crippen molar-refractivity contribution in [1.82, 2.24) is 0 Å². The third kappa shape index (κ3) is 3.78. The van der Waals surface area contributed by atoms with Gasteiger partial charge in [0, 0.05) is 0 Å². The Hall–Kier alpha value is -1.47. The number of ether oxygens (including phenoxy) is 2. The first-order valence-corrected chi connectivity index (χ1v) is 5.04. The van der Waals surface area contributed by atoms with Crippen LogP contribution < -0.4 is 9.47 Å². The second-order valence-electron chi connectivity index (χ2n) is 3.51. The van der Waals surface area contributed by atoms with Gasteiger partial charge in [-0.15, -0.1) is 0 Å². The third-order valence-corrected chi connectivity index (χ3v) is 2.19. The first-order chi connectivity index (χ1) is 8.38. The van der Waals surface area contributed by atoms with Crippen LogP contribution in [0.2, 0.25) is 0 Å². The van der Waals surface area contributed by atoms with Gasteiger partial charge < -0.3 is 19.7 Å². The summed E-state index contributed by atoms with van der Waals surface area (Å²) in [6, 6.07) is 4.36. The minimum atomic E-state index is -4.73. The zero-order valence-corrected chi connectivity index (χ0v) is 9.57. The standard InChI is InChI=1S/C11H13F3O4/c1-17-8-3-2-7(5-15)4-9(8)18-6-10(16)11(12,13)14/h2-4,10,15-16H,5-6H2,1H3. The van der Waals surface area contributed by atoms with Crippen LogP contribution in [-0.4, -0.2) is 36.2 Å². The summed E-state index contributed by atoms with van der Waals surface area (Å²) in [5.41, 5.74) is 0.465. The van der Waals surface area contributed by atoms with Crippen LogP contribution in [0.5, 0.6) is 11.5 Å². The van der Waals surface area contributed by atoms with Gasteiger partial charge in [0.2, 0.25) is 0 Å². The molecule has 1 atom stereocenters. The average molecular weight is 266 g/mol. The number of rotatable bonds is 5. The molecular weight excluding hydrogens is 253 g/mol. The van der Waals surface area contributed by atoms with E-state index in [1.807, 2.05) is 0 Å². The predicted molar refractivity (Wildman–Crippen MR) is 56.5 cm³/mol. The van der Waals surface area contributed by atoms with E-state index in [9.17, 15) is 13.2 Å². The van der Waals surface area contributed by atoms with Gasteiger partial charge in [-0.25, -0.2) is 0 Å². The van der Waals surface area contributed by atoms with Gasteiger partial charge in [-0.3, -0.25) is 0 Å². The molecular formula is C11H13F3O4. The zero-order valence-electron chi connectivity index (χ0n) is 9.57. The fourth-order valence-corrected chi connectivity index (χ4v) is 1.20. The number of aliphatic hydroxyl groups excluding tert-OH is 2. The molecule has 2 N–H and O–H groups in total. The van der Waals surface area contributed by atoms with E-state index < -0.39 is 18.9 Å². The Morgan fingerprint density at radius 1 is 1.28 bits per heavy atom. The topological polar surface area (TPSA) is 58.9 Å². The molecule has 0 aliphatic heterocycles. The Morgan fingerprint density at radius 2 is 1.94 bits per heavy atom. The van der Waals surface area contributed by atoms with E-state index in [1.165, 1.54) is 19.2 Å². The van der Waals surface area contributed by atoms with Gasteiger partial charge in [0.25, 0.3) is 0 Å². The number of hydrogen-bond acceptors (Lipinski definition) is 4. The Labute approximate surface area is 102 Å². The second-order valence-corrected chi connectivity index (χ2v) is 3.51. The summed E-state index contributed by atoms with van der Waals surface area (Å²) < 4.78 is 46.0. The quantitative estimate of drug-likeness (QED) is 0.847. The van der Waals surface area contributed by atoms with Crippen molar-refractivity contribution in [2.24, 2.45) is 0 Å². The molecule has 1 aromatic rings. The van der Waals surface area contributed by atoms with E-state index in [0.29, 0.717) is 5.56 Å². The molecule has 0 bridgehead atoms. The molecule has 102 valence electrons. The monoisotopic (exact) mass is 266 g/mol. The van der Waals surface area contributed by atoms with Gasteiger partial charge >= 0.3 is 6.18 Å². The molecule has 0 fully saturated rings. The lowest BCUT2D eigenvalue weighted by Crippen LogP contribution is -2.34. The molecule has 4 nitrogen and oxygen atoms in total. The molecule has 1 unspecified atom stereocenters. The molecule has 0 saturated heterocycles. The highest BCUT2D eigenvalue weighted by molar-refractivity contribution is 5.42. The Balaban J connectivity index is 2.77. The van der Waals surface area contributed by atoms with E-state index in [2.05, 4.69) is 0 Å². The summed E-state index contributed by atoms with van der Waals surface area (Å²) in [5.74, 6) is 0.258. The van der Waals surface area contributed by atoms with Crippen molar-refractivity contribution in [1.29, 1.82) is 0 Å². The number of methoxy groups -OCH3 is 1. The van der Waals surface area contributed by atoms with E-state index in [4.69, 9.17) is 19.7 Å². The normalized spacial score (nSPS) is 13.2. The number of alkyl halides is 3. The lowest BCUT2D eigenvalue weighted by Gasteiger charge is -2.17. The van der Waals surface area contributed by atoms with E-state index in [0.717, 1.165) is 0 Å². The van der Waals surface area contributed by atoms with Crippen molar-refractivity contribution in [2.45, 2.75) is 18.9 Å². The highest BCUT2D eigenvalue weighted by Crippen LogP contribution is 2.29. The number of aliphatic hydroxyl groups is 2. The molecule has 0 saturated carbocycles. The molecule has 1 rings (SSSR count). The molecule has 7 heteroatoms. The third-order valence-electron chi connectivity index (χ3n) is 2.19. The maximum atomic E-state index is 12.1. The highest BCUT2D eigenvalue weighted by atomic mass is 19.4. The highest BCUT2D eigenvalue weighted by Gasteiger charge is 2.38. The minimum absolute atomic E-state index is 0.0346. The van der Waals surface area contributed by atoms with Crippen LogP contribution in [0.25, 0.3) is 0 Å².